The fourth-order valence-electron chi connectivity index (χ4n) is 3.90. The van der Waals surface area contributed by atoms with Crippen LogP contribution in [0.15, 0.2) is 6.20 Å². The molecule has 1 aromatic heterocycles. The van der Waals surface area contributed by atoms with E-state index in [1.165, 1.54) is 25.7 Å². The number of nitrogens with zero attached hydrogens (tertiary/aromatic N) is 2. The smallest absolute Gasteiger partial charge is 0.147 e. The van der Waals surface area contributed by atoms with Crippen molar-refractivity contribution in [3.8, 4) is 0 Å². The first-order valence-corrected chi connectivity index (χ1v) is 7.20. The van der Waals surface area contributed by atoms with Gasteiger partial charge in [0.05, 0.1) is 11.4 Å². The lowest BCUT2D eigenvalue weighted by Crippen LogP contribution is -2.30. The summed E-state index contributed by atoms with van der Waals surface area (Å²) in [5.74, 6) is 3.78. The Morgan fingerprint density at radius 3 is 2.78 bits per heavy atom. The van der Waals surface area contributed by atoms with E-state index >= 15 is 0 Å². The zero-order chi connectivity index (χ0) is 12.7. The molecule has 2 aliphatic rings. The van der Waals surface area contributed by atoms with Crippen molar-refractivity contribution in [2.75, 3.05) is 5.32 Å². The van der Waals surface area contributed by atoms with Crippen LogP contribution in [-0.2, 0) is 0 Å². The summed E-state index contributed by atoms with van der Waals surface area (Å²) in [6.45, 7) is 6.34. The summed E-state index contributed by atoms with van der Waals surface area (Å²) in [6.07, 6.45) is 7.63. The fraction of sp³-hybridized carbons (Fsp3) is 0.733. The first kappa shape index (κ1) is 11.9. The highest BCUT2D eigenvalue weighted by Gasteiger charge is 2.41. The molecule has 0 saturated heterocycles. The number of rotatable bonds is 3. The third-order valence-corrected chi connectivity index (χ3v) is 4.88. The molecular weight excluding hydrogens is 222 g/mol. The molecule has 1 aromatic rings. The van der Waals surface area contributed by atoms with Crippen molar-refractivity contribution >= 4 is 5.82 Å². The Balaban J connectivity index is 1.70. The Labute approximate surface area is 109 Å². The average molecular weight is 245 g/mol. The summed E-state index contributed by atoms with van der Waals surface area (Å²) in [4.78, 5) is 8.95. The third kappa shape index (κ3) is 2.11. The summed E-state index contributed by atoms with van der Waals surface area (Å²) in [7, 11) is 0. The molecule has 0 spiro atoms. The molecule has 2 aliphatic carbocycles. The van der Waals surface area contributed by atoms with Gasteiger partial charge >= 0.3 is 0 Å². The number of aromatic nitrogens is 2. The van der Waals surface area contributed by atoms with Gasteiger partial charge in [-0.3, -0.25) is 4.98 Å². The quantitative estimate of drug-likeness (QED) is 0.887. The zero-order valence-corrected chi connectivity index (χ0v) is 11.6. The van der Waals surface area contributed by atoms with E-state index in [0.29, 0.717) is 6.04 Å². The Morgan fingerprint density at radius 2 is 2.11 bits per heavy atom. The monoisotopic (exact) mass is 245 g/mol. The molecule has 98 valence electrons. The predicted octanol–water partition coefficient (Wildman–Crippen LogP) is 3.33. The summed E-state index contributed by atoms with van der Waals surface area (Å²) < 4.78 is 0. The third-order valence-electron chi connectivity index (χ3n) is 4.88. The molecule has 2 bridgehead atoms. The molecule has 3 nitrogen and oxygen atoms in total. The van der Waals surface area contributed by atoms with E-state index in [0.717, 1.165) is 35.0 Å². The van der Waals surface area contributed by atoms with Gasteiger partial charge in [0, 0.05) is 12.2 Å². The Bertz CT molecular complexity index is 443. The van der Waals surface area contributed by atoms with Gasteiger partial charge in [0.2, 0.25) is 0 Å². The van der Waals surface area contributed by atoms with Gasteiger partial charge < -0.3 is 5.32 Å². The van der Waals surface area contributed by atoms with Crippen LogP contribution in [0, 0.1) is 31.6 Å². The molecule has 0 aromatic carbocycles. The Morgan fingerprint density at radius 1 is 1.28 bits per heavy atom. The minimum absolute atomic E-state index is 0.523. The van der Waals surface area contributed by atoms with Crippen LogP contribution in [0.1, 0.15) is 44.0 Å². The largest absolute Gasteiger partial charge is 0.366 e. The van der Waals surface area contributed by atoms with Crippen molar-refractivity contribution < 1.29 is 0 Å². The van der Waals surface area contributed by atoms with Crippen molar-refractivity contribution in [2.45, 2.75) is 52.5 Å². The topological polar surface area (TPSA) is 37.8 Å². The summed E-state index contributed by atoms with van der Waals surface area (Å²) in [6, 6.07) is 0.523. The number of hydrogen-bond acceptors (Lipinski definition) is 3. The van der Waals surface area contributed by atoms with E-state index in [1.54, 1.807) is 0 Å². The van der Waals surface area contributed by atoms with E-state index in [-0.39, 0.29) is 0 Å². The van der Waals surface area contributed by atoms with Gasteiger partial charge in [-0.05, 0) is 57.8 Å². The molecule has 0 radical (unpaired) electrons. The van der Waals surface area contributed by atoms with Crippen LogP contribution in [0.25, 0.3) is 0 Å². The molecule has 1 N–H and O–H groups in total. The van der Waals surface area contributed by atoms with E-state index in [4.69, 9.17) is 0 Å². The first-order chi connectivity index (χ1) is 8.63. The van der Waals surface area contributed by atoms with Crippen LogP contribution in [0.4, 0.5) is 5.82 Å². The maximum absolute atomic E-state index is 4.57. The molecule has 4 unspecified atom stereocenters. The SMILES string of the molecule is Cc1cnc(C)c(NC(C)C2CC3CCC2C3)n1. The first-order valence-electron chi connectivity index (χ1n) is 7.20. The molecule has 1 heterocycles. The second kappa shape index (κ2) is 4.52. The second-order valence-electron chi connectivity index (χ2n) is 6.22. The van der Waals surface area contributed by atoms with Gasteiger partial charge in [-0.2, -0.15) is 0 Å². The molecule has 0 aliphatic heterocycles. The molecule has 3 heteroatoms. The van der Waals surface area contributed by atoms with Crippen LogP contribution in [0.2, 0.25) is 0 Å². The van der Waals surface area contributed by atoms with E-state index in [1.807, 2.05) is 20.0 Å². The van der Waals surface area contributed by atoms with Crippen molar-refractivity contribution in [1.82, 2.24) is 9.97 Å². The summed E-state index contributed by atoms with van der Waals surface area (Å²) in [5, 5.41) is 3.60. The van der Waals surface area contributed by atoms with Crippen LogP contribution < -0.4 is 5.32 Å². The molecule has 4 atom stereocenters. The highest BCUT2D eigenvalue weighted by molar-refractivity contribution is 5.40. The van der Waals surface area contributed by atoms with Crippen molar-refractivity contribution in [3.63, 3.8) is 0 Å². The normalized spacial score (nSPS) is 31.6. The maximum Gasteiger partial charge on any atom is 0.147 e. The zero-order valence-electron chi connectivity index (χ0n) is 11.6. The molecule has 0 amide bonds. The minimum Gasteiger partial charge on any atom is -0.366 e. The van der Waals surface area contributed by atoms with Crippen LogP contribution in [-0.4, -0.2) is 16.0 Å². The predicted molar refractivity (Wildman–Crippen MR) is 73.5 cm³/mol. The molecular formula is C15H23N3. The second-order valence-corrected chi connectivity index (χ2v) is 6.22. The number of fused-ring (bicyclic) bond motifs is 2. The maximum atomic E-state index is 4.57. The van der Waals surface area contributed by atoms with Gasteiger partial charge in [-0.25, -0.2) is 4.98 Å². The number of anilines is 1. The van der Waals surface area contributed by atoms with Crippen LogP contribution in [0.3, 0.4) is 0 Å². The van der Waals surface area contributed by atoms with Crippen molar-refractivity contribution in [2.24, 2.45) is 17.8 Å². The van der Waals surface area contributed by atoms with Gasteiger partial charge in [0.25, 0.3) is 0 Å². The van der Waals surface area contributed by atoms with Gasteiger partial charge in [-0.1, -0.05) is 6.42 Å². The van der Waals surface area contributed by atoms with Gasteiger partial charge in [-0.15, -0.1) is 0 Å². The standard InChI is InChI=1S/C15H23N3/c1-9-8-16-11(3)15(17-9)18-10(2)14-7-12-4-5-13(14)6-12/h8,10,12-14H,4-7H2,1-3H3,(H,17,18). The van der Waals surface area contributed by atoms with E-state index in [2.05, 4.69) is 22.2 Å². The lowest BCUT2D eigenvalue weighted by atomic mass is 9.84. The highest BCUT2D eigenvalue weighted by atomic mass is 15.0. The van der Waals surface area contributed by atoms with E-state index in [9.17, 15) is 0 Å². The van der Waals surface area contributed by atoms with Crippen molar-refractivity contribution in [1.29, 1.82) is 0 Å². The molecule has 2 fully saturated rings. The Hall–Kier alpha value is -1.12. The lowest BCUT2D eigenvalue weighted by molar-refractivity contribution is 0.304. The average Bonchev–Trinajstić information content (AvgIpc) is 2.96. The number of aryl methyl sites for hydroxylation is 2. The molecule has 2 saturated carbocycles. The molecule has 3 rings (SSSR count). The molecule has 18 heavy (non-hydrogen) atoms. The van der Waals surface area contributed by atoms with E-state index < -0.39 is 0 Å². The lowest BCUT2D eigenvalue weighted by Gasteiger charge is -2.29. The number of hydrogen-bond donors (Lipinski definition) is 1. The minimum atomic E-state index is 0.523. The van der Waals surface area contributed by atoms with Crippen molar-refractivity contribution in [3.05, 3.63) is 17.6 Å². The Kier molecular flexibility index (Phi) is 3.00. The van der Waals surface area contributed by atoms with Gasteiger partial charge in [0.15, 0.2) is 0 Å². The summed E-state index contributed by atoms with van der Waals surface area (Å²) in [5.41, 5.74) is 2.00. The fourth-order valence-corrected chi connectivity index (χ4v) is 3.90. The van der Waals surface area contributed by atoms with Crippen LogP contribution >= 0.6 is 0 Å². The number of nitrogens with one attached hydrogen (secondary N) is 1. The highest BCUT2D eigenvalue weighted by Crippen LogP contribution is 2.49. The van der Waals surface area contributed by atoms with Crippen LogP contribution in [0.5, 0.6) is 0 Å². The van der Waals surface area contributed by atoms with Gasteiger partial charge in [0.1, 0.15) is 5.82 Å². The summed E-state index contributed by atoms with van der Waals surface area (Å²) >= 11 is 0.